The number of esters is 1. The standard InChI is InChI=1S/C27H26N4O3S2/c1-4-20-17(3)22(26(33)34-5-2)25(36-20)28-21(32)16-35-27-29-23(18-12-8-6-9-13-18)24(30-31-27)19-14-10-7-11-15-19/h6-15H,4-5,16H2,1-3H3,(H,28,32). The molecule has 0 spiro atoms. The van der Waals surface area contributed by atoms with Crippen molar-refractivity contribution in [3.63, 3.8) is 0 Å². The monoisotopic (exact) mass is 518 g/mol. The van der Waals surface area contributed by atoms with Crippen molar-refractivity contribution in [3.05, 3.63) is 76.7 Å². The number of hydrogen-bond acceptors (Lipinski definition) is 8. The number of carbonyl (C=O) groups excluding carboxylic acids is 2. The van der Waals surface area contributed by atoms with E-state index >= 15 is 0 Å². The molecule has 36 heavy (non-hydrogen) atoms. The van der Waals surface area contributed by atoms with Gasteiger partial charge in [-0.25, -0.2) is 9.78 Å². The van der Waals surface area contributed by atoms with Crippen molar-refractivity contribution in [1.29, 1.82) is 0 Å². The molecule has 0 aliphatic rings. The number of nitrogens with zero attached hydrogens (tertiary/aromatic N) is 3. The summed E-state index contributed by atoms with van der Waals surface area (Å²) in [6.45, 7) is 5.93. The number of benzene rings is 2. The summed E-state index contributed by atoms with van der Waals surface area (Å²) < 4.78 is 5.20. The number of aryl methyl sites for hydroxylation is 1. The molecular weight excluding hydrogens is 492 g/mol. The van der Waals surface area contributed by atoms with E-state index in [-0.39, 0.29) is 18.3 Å². The number of amides is 1. The second-order valence-corrected chi connectivity index (χ2v) is 9.84. The molecule has 184 valence electrons. The summed E-state index contributed by atoms with van der Waals surface area (Å²) in [5.74, 6) is -0.613. The van der Waals surface area contributed by atoms with Gasteiger partial charge >= 0.3 is 5.97 Å². The zero-order valence-electron chi connectivity index (χ0n) is 20.3. The number of nitrogens with one attached hydrogen (secondary N) is 1. The normalized spacial score (nSPS) is 10.8. The zero-order valence-corrected chi connectivity index (χ0v) is 21.9. The Hall–Kier alpha value is -3.56. The molecule has 9 heteroatoms. The third kappa shape index (κ3) is 5.80. The number of hydrogen-bond donors (Lipinski definition) is 1. The van der Waals surface area contributed by atoms with Crippen LogP contribution in [-0.4, -0.2) is 39.4 Å². The van der Waals surface area contributed by atoms with E-state index in [0.717, 1.165) is 28.0 Å². The number of thiophene rings is 1. The highest BCUT2D eigenvalue weighted by atomic mass is 32.2. The van der Waals surface area contributed by atoms with Crippen LogP contribution in [0.25, 0.3) is 22.5 Å². The van der Waals surface area contributed by atoms with Crippen molar-refractivity contribution >= 4 is 40.0 Å². The van der Waals surface area contributed by atoms with Crippen LogP contribution in [0.1, 0.15) is 34.6 Å². The highest BCUT2D eigenvalue weighted by Gasteiger charge is 2.23. The highest BCUT2D eigenvalue weighted by Crippen LogP contribution is 2.34. The van der Waals surface area contributed by atoms with Crippen LogP contribution in [0.2, 0.25) is 0 Å². The van der Waals surface area contributed by atoms with E-state index in [2.05, 4.69) is 15.5 Å². The molecule has 0 atom stereocenters. The fourth-order valence-corrected chi connectivity index (χ4v) is 5.42. The van der Waals surface area contributed by atoms with Gasteiger partial charge in [0.05, 0.1) is 17.9 Å². The molecule has 0 aliphatic heterocycles. The fraction of sp³-hybridized carbons (Fsp3) is 0.222. The van der Waals surface area contributed by atoms with Crippen molar-refractivity contribution in [2.24, 2.45) is 0 Å². The van der Waals surface area contributed by atoms with E-state index < -0.39 is 5.97 Å². The number of carbonyl (C=O) groups is 2. The molecule has 0 saturated carbocycles. The maximum absolute atomic E-state index is 12.8. The molecular formula is C27H26N4O3S2. The van der Waals surface area contributed by atoms with Crippen LogP contribution in [0.15, 0.2) is 65.8 Å². The van der Waals surface area contributed by atoms with E-state index in [1.165, 1.54) is 23.1 Å². The first-order chi connectivity index (χ1) is 17.5. The maximum atomic E-state index is 12.8. The summed E-state index contributed by atoms with van der Waals surface area (Å²) >= 11 is 2.60. The van der Waals surface area contributed by atoms with E-state index in [1.807, 2.05) is 74.5 Å². The first-order valence-corrected chi connectivity index (χ1v) is 13.4. The predicted octanol–water partition coefficient (Wildman–Crippen LogP) is 6.05. The number of ether oxygens (including phenoxy) is 1. The fourth-order valence-electron chi connectivity index (χ4n) is 3.69. The van der Waals surface area contributed by atoms with Gasteiger partial charge in [0.15, 0.2) is 0 Å². The minimum absolute atomic E-state index is 0.0707. The quantitative estimate of drug-likeness (QED) is 0.213. The van der Waals surface area contributed by atoms with E-state index in [0.29, 0.717) is 27.1 Å². The van der Waals surface area contributed by atoms with Crippen LogP contribution in [0.4, 0.5) is 5.00 Å². The molecule has 7 nitrogen and oxygen atoms in total. The Labute approximate surface area is 218 Å². The molecule has 0 radical (unpaired) electrons. The average Bonchev–Trinajstić information content (AvgIpc) is 3.23. The minimum atomic E-state index is -0.426. The van der Waals surface area contributed by atoms with Crippen LogP contribution in [0.3, 0.4) is 0 Å². The maximum Gasteiger partial charge on any atom is 0.341 e. The van der Waals surface area contributed by atoms with Crippen molar-refractivity contribution in [2.45, 2.75) is 32.3 Å². The van der Waals surface area contributed by atoms with Gasteiger partial charge in [0.2, 0.25) is 11.1 Å². The Balaban J connectivity index is 1.54. The van der Waals surface area contributed by atoms with E-state index in [1.54, 1.807) is 6.92 Å². The molecule has 2 aromatic carbocycles. The van der Waals surface area contributed by atoms with Crippen molar-refractivity contribution in [1.82, 2.24) is 15.2 Å². The molecule has 1 N–H and O–H groups in total. The van der Waals surface area contributed by atoms with Crippen LogP contribution in [0.5, 0.6) is 0 Å². The summed E-state index contributed by atoms with van der Waals surface area (Å²) in [7, 11) is 0. The summed E-state index contributed by atoms with van der Waals surface area (Å²) in [6, 6.07) is 19.5. The van der Waals surface area contributed by atoms with Crippen molar-refractivity contribution in [3.8, 4) is 22.5 Å². The van der Waals surface area contributed by atoms with Gasteiger partial charge in [0.1, 0.15) is 16.4 Å². The average molecular weight is 519 g/mol. The summed E-state index contributed by atoms with van der Waals surface area (Å²) in [5.41, 5.74) is 4.48. The molecule has 2 aromatic heterocycles. The SMILES string of the molecule is CCOC(=O)c1c(NC(=O)CSc2nnc(-c3ccccc3)c(-c3ccccc3)n2)sc(CC)c1C. The summed E-state index contributed by atoms with van der Waals surface area (Å²) in [6.07, 6.45) is 0.767. The summed E-state index contributed by atoms with van der Waals surface area (Å²) in [5, 5.41) is 12.5. The zero-order chi connectivity index (χ0) is 25.5. The Bertz CT molecular complexity index is 1360. The van der Waals surface area contributed by atoms with Gasteiger partial charge in [-0.3, -0.25) is 4.79 Å². The molecule has 1 amide bonds. The second kappa shape index (κ2) is 11.9. The van der Waals surface area contributed by atoms with Crippen LogP contribution >= 0.6 is 23.1 Å². The second-order valence-electron chi connectivity index (χ2n) is 7.79. The van der Waals surface area contributed by atoms with Gasteiger partial charge in [0, 0.05) is 16.0 Å². The topological polar surface area (TPSA) is 94.1 Å². The molecule has 0 aliphatic carbocycles. The Morgan fingerprint density at radius 1 is 0.944 bits per heavy atom. The molecule has 0 fully saturated rings. The first-order valence-electron chi connectivity index (χ1n) is 11.6. The minimum Gasteiger partial charge on any atom is -0.462 e. The molecule has 0 saturated heterocycles. The molecule has 0 bridgehead atoms. The number of aromatic nitrogens is 3. The first kappa shape index (κ1) is 25.5. The molecule has 0 unspecified atom stereocenters. The van der Waals surface area contributed by atoms with Crippen molar-refractivity contribution in [2.75, 3.05) is 17.7 Å². The lowest BCUT2D eigenvalue weighted by atomic mass is 10.0. The molecule has 4 rings (SSSR count). The van der Waals surface area contributed by atoms with Gasteiger partial charge < -0.3 is 10.1 Å². The van der Waals surface area contributed by atoms with Gasteiger partial charge in [0.25, 0.3) is 0 Å². The van der Waals surface area contributed by atoms with E-state index in [4.69, 9.17) is 9.72 Å². The Kier molecular flexibility index (Phi) is 8.45. The Morgan fingerprint density at radius 3 is 2.19 bits per heavy atom. The smallest absolute Gasteiger partial charge is 0.341 e. The van der Waals surface area contributed by atoms with Gasteiger partial charge in [-0.05, 0) is 25.8 Å². The molecule has 2 heterocycles. The number of rotatable bonds is 9. The van der Waals surface area contributed by atoms with Crippen LogP contribution in [0, 0.1) is 6.92 Å². The van der Waals surface area contributed by atoms with Crippen LogP contribution in [-0.2, 0) is 16.0 Å². The Morgan fingerprint density at radius 2 is 1.58 bits per heavy atom. The predicted molar refractivity (Wildman–Crippen MR) is 144 cm³/mol. The largest absolute Gasteiger partial charge is 0.462 e. The van der Waals surface area contributed by atoms with Crippen molar-refractivity contribution < 1.29 is 14.3 Å². The lowest BCUT2D eigenvalue weighted by Gasteiger charge is -2.10. The van der Waals surface area contributed by atoms with Gasteiger partial charge in [-0.2, -0.15) is 0 Å². The third-order valence-corrected chi connectivity index (χ3v) is 7.58. The lowest BCUT2D eigenvalue weighted by Crippen LogP contribution is -2.16. The van der Waals surface area contributed by atoms with E-state index in [9.17, 15) is 9.59 Å². The number of thioether (sulfide) groups is 1. The van der Waals surface area contributed by atoms with Gasteiger partial charge in [-0.1, -0.05) is 79.3 Å². The number of anilines is 1. The van der Waals surface area contributed by atoms with Gasteiger partial charge in [-0.15, -0.1) is 21.5 Å². The van der Waals surface area contributed by atoms with Crippen LogP contribution < -0.4 is 5.32 Å². The lowest BCUT2D eigenvalue weighted by molar-refractivity contribution is -0.113. The summed E-state index contributed by atoms with van der Waals surface area (Å²) in [4.78, 5) is 31.1. The third-order valence-electron chi connectivity index (χ3n) is 5.39. The molecule has 4 aromatic rings. The highest BCUT2D eigenvalue weighted by molar-refractivity contribution is 7.99.